The Balaban J connectivity index is 2.28. The Morgan fingerprint density at radius 1 is 1.19 bits per heavy atom. The number of amides is 1. The van der Waals surface area contributed by atoms with Gasteiger partial charge in [0.25, 0.3) is 0 Å². The Labute approximate surface area is 162 Å². The zero-order valence-corrected chi connectivity index (χ0v) is 16.4. The van der Waals surface area contributed by atoms with Gasteiger partial charge in [0, 0.05) is 24.5 Å². The Hall–Kier alpha value is -2.30. The van der Waals surface area contributed by atoms with Crippen LogP contribution in [0.3, 0.4) is 0 Å². The zero-order valence-electron chi connectivity index (χ0n) is 16.4. The molecule has 1 aliphatic rings. The number of nitrogens with one attached hydrogen (secondary N) is 1. The van der Waals surface area contributed by atoms with E-state index in [4.69, 9.17) is 0 Å². The Morgan fingerprint density at radius 3 is 2.78 bits per heavy atom. The standard InChI is InChI=1S/C22H32N2O3/c1-2-3-4-5-6-10-13-20-19(15-16-21(20)25)12-9-7-8-11-14-22(26)23-17-18-24-27/h6-7,9-10,13,15-16,19H,2-5,8,11-12,14,17-18H2,1H3,(H,23,26)/b9-7+,10-6+,20-13+. The van der Waals surface area contributed by atoms with Crippen LogP contribution in [0, 0.1) is 10.8 Å². The van der Waals surface area contributed by atoms with Gasteiger partial charge in [0.2, 0.25) is 5.91 Å². The van der Waals surface area contributed by atoms with Gasteiger partial charge in [-0.3, -0.25) is 9.59 Å². The van der Waals surface area contributed by atoms with Crippen molar-refractivity contribution in [3.05, 3.63) is 53.0 Å². The molecule has 0 aliphatic heterocycles. The molecule has 27 heavy (non-hydrogen) atoms. The molecule has 5 heteroatoms. The number of carbonyl (C=O) groups is 2. The molecule has 0 heterocycles. The molecule has 148 valence electrons. The van der Waals surface area contributed by atoms with Crippen LogP contribution in [-0.2, 0) is 9.59 Å². The van der Waals surface area contributed by atoms with Gasteiger partial charge >= 0.3 is 0 Å². The largest absolute Gasteiger partial charge is 0.354 e. The minimum atomic E-state index is -0.0488. The van der Waals surface area contributed by atoms with E-state index in [1.54, 1.807) is 6.08 Å². The maximum Gasteiger partial charge on any atom is 0.220 e. The second-order valence-corrected chi connectivity index (χ2v) is 6.68. The highest BCUT2D eigenvalue weighted by Gasteiger charge is 2.20. The van der Waals surface area contributed by atoms with Crippen LogP contribution in [0.4, 0.5) is 0 Å². The molecular weight excluding hydrogens is 340 g/mol. The maximum absolute atomic E-state index is 12.0. The molecule has 0 saturated carbocycles. The van der Waals surface area contributed by atoms with E-state index in [1.165, 1.54) is 19.3 Å². The van der Waals surface area contributed by atoms with Crippen molar-refractivity contribution in [2.24, 2.45) is 11.1 Å². The summed E-state index contributed by atoms with van der Waals surface area (Å²) in [6.07, 6.45) is 21.4. The molecule has 0 bridgehead atoms. The molecule has 0 fully saturated rings. The third-order valence-corrected chi connectivity index (χ3v) is 4.41. The summed E-state index contributed by atoms with van der Waals surface area (Å²) in [4.78, 5) is 33.4. The van der Waals surface area contributed by atoms with Crippen molar-refractivity contribution in [2.75, 3.05) is 13.1 Å². The van der Waals surface area contributed by atoms with Crippen molar-refractivity contribution in [1.29, 1.82) is 0 Å². The fourth-order valence-electron chi connectivity index (χ4n) is 2.85. The van der Waals surface area contributed by atoms with E-state index >= 15 is 0 Å². The SMILES string of the molecule is CCCCC/C=C/C=C1/C(=O)C=CC1C/C=C/CCCC(=O)NCCN=O. The van der Waals surface area contributed by atoms with Crippen LogP contribution in [-0.4, -0.2) is 24.8 Å². The summed E-state index contributed by atoms with van der Waals surface area (Å²) in [5.41, 5.74) is 0.856. The first-order valence-electron chi connectivity index (χ1n) is 9.99. The molecule has 1 unspecified atom stereocenters. The molecule has 0 saturated heterocycles. The van der Waals surface area contributed by atoms with E-state index < -0.39 is 0 Å². The van der Waals surface area contributed by atoms with Gasteiger partial charge in [-0.1, -0.05) is 61.4 Å². The minimum Gasteiger partial charge on any atom is -0.354 e. The second kappa shape index (κ2) is 14.8. The molecular formula is C22H32N2O3. The highest BCUT2D eigenvalue weighted by atomic mass is 16.3. The van der Waals surface area contributed by atoms with Gasteiger partial charge in [-0.05, 0) is 38.2 Å². The van der Waals surface area contributed by atoms with E-state index in [2.05, 4.69) is 35.6 Å². The molecule has 0 aromatic rings. The van der Waals surface area contributed by atoms with Crippen molar-refractivity contribution in [3.8, 4) is 0 Å². The minimum absolute atomic E-state index is 0.0488. The van der Waals surface area contributed by atoms with Crippen LogP contribution in [0.1, 0.15) is 58.3 Å². The lowest BCUT2D eigenvalue weighted by Gasteiger charge is -2.06. The van der Waals surface area contributed by atoms with Crippen molar-refractivity contribution >= 4 is 11.7 Å². The topological polar surface area (TPSA) is 75.6 Å². The molecule has 0 spiro atoms. The zero-order chi connectivity index (χ0) is 19.7. The number of carbonyl (C=O) groups excluding carboxylic acids is 2. The summed E-state index contributed by atoms with van der Waals surface area (Å²) in [7, 11) is 0. The first-order chi connectivity index (χ1) is 13.2. The number of ketones is 1. The lowest BCUT2D eigenvalue weighted by Crippen LogP contribution is -2.25. The summed E-state index contributed by atoms with van der Waals surface area (Å²) >= 11 is 0. The van der Waals surface area contributed by atoms with Crippen LogP contribution >= 0.6 is 0 Å². The predicted octanol–water partition coefficient (Wildman–Crippen LogP) is 4.80. The van der Waals surface area contributed by atoms with Gasteiger partial charge in [0.15, 0.2) is 5.78 Å². The first-order valence-corrected chi connectivity index (χ1v) is 9.99. The normalized spacial score (nSPS) is 18.2. The van der Waals surface area contributed by atoms with Crippen molar-refractivity contribution in [2.45, 2.75) is 58.3 Å². The molecule has 0 aromatic carbocycles. The number of hydrogen-bond donors (Lipinski definition) is 1. The fraction of sp³-hybridized carbons (Fsp3) is 0.545. The summed E-state index contributed by atoms with van der Waals surface area (Å²) in [6, 6.07) is 0. The molecule has 1 aliphatic carbocycles. The summed E-state index contributed by atoms with van der Waals surface area (Å²) in [6.45, 7) is 2.61. The molecule has 5 nitrogen and oxygen atoms in total. The monoisotopic (exact) mass is 372 g/mol. The Morgan fingerprint density at radius 2 is 2.00 bits per heavy atom. The number of allylic oxidation sites excluding steroid dienone is 8. The van der Waals surface area contributed by atoms with Crippen molar-refractivity contribution in [3.63, 3.8) is 0 Å². The first kappa shape index (κ1) is 22.7. The average molecular weight is 373 g/mol. The van der Waals surface area contributed by atoms with E-state index in [1.807, 2.05) is 18.2 Å². The highest BCUT2D eigenvalue weighted by molar-refractivity contribution is 6.07. The Bertz CT molecular complexity index is 588. The third kappa shape index (κ3) is 10.4. The maximum atomic E-state index is 12.0. The van der Waals surface area contributed by atoms with Crippen LogP contribution in [0.25, 0.3) is 0 Å². The van der Waals surface area contributed by atoms with Crippen LogP contribution < -0.4 is 5.32 Å². The molecule has 1 atom stereocenters. The van der Waals surface area contributed by atoms with Gasteiger partial charge in [-0.15, -0.1) is 0 Å². The summed E-state index contributed by atoms with van der Waals surface area (Å²) < 4.78 is 0. The molecule has 0 radical (unpaired) electrons. The van der Waals surface area contributed by atoms with E-state index in [0.717, 1.165) is 31.3 Å². The number of nitrogens with zero attached hydrogens (tertiary/aromatic N) is 1. The van der Waals surface area contributed by atoms with E-state index in [9.17, 15) is 14.5 Å². The molecule has 1 amide bonds. The average Bonchev–Trinajstić information content (AvgIpc) is 3.01. The lowest BCUT2D eigenvalue weighted by molar-refractivity contribution is -0.121. The highest BCUT2D eigenvalue weighted by Crippen LogP contribution is 2.25. The predicted molar refractivity (Wildman–Crippen MR) is 110 cm³/mol. The lowest BCUT2D eigenvalue weighted by atomic mass is 9.97. The van der Waals surface area contributed by atoms with Crippen LogP contribution in [0.5, 0.6) is 0 Å². The quantitative estimate of drug-likeness (QED) is 0.206. The number of nitroso groups, excluding NO2 is 1. The van der Waals surface area contributed by atoms with E-state index in [-0.39, 0.29) is 24.2 Å². The number of rotatable bonds is 14. The third-order valence-electron chi connectivity index (χ3n) is 4.41. The molecule has 1 N–H and O–H groups in total. The van der Waals surface area contributed by atoms with Gasteiger partial charge in [-0.2, -0.15) is 4.91 Å². The van der Waals surface area contributed by atoms with Crippen LogP contribution in [0.2, 0.25) is 0 Å². The van der Waals surface area contributed by atoms with Crippen molar-refractivity contribution < 1.29 is 9.59 Å². The van der Waals surface area contributed by atoms with E-state index in [0.29, 0.717) is 13.0 Å². The number of unbranched alkanes of at least 4 members (excludes halogenated alkanes) is 4. The van der Waals surface area contributed by atoms with Crippen LogP contribution in [0.15, 0.2) is 53.3 Å². The summed E-state index contributed by atoms with van der Waals surface area (Å²) in [5.74, 6) is 0.202. The molecule has 0 aromatic heterocycles. The smallest absolute Gasteiger partial charge is 0.220 e. The van der Waals surface area contributed by atoms with Gasteiger partial charge in [-0.25, -0.2) is 0 Å². The van der Waals surface area contributed by atoms with Gasteiger partial charge in [0.1, 0.15) is 0 Å². The summed E-state index contributed by atoms with van der Waals surface area (Å²) in [5, 5.41) is 5.35. The number of hydrogen-bond acceptors (Lipinski definition) is 4. The second-order valence-electron chi connectivity index (χ2n) is 6.68. The molecule has 1 rings (SSSR count). The van der Waals surface area contributed by atoms with Crippen molar-refractivity contribution in [1.82, 2.24) is 5.32 Å². The Kier molecular flexibility index (Phi) is 12.5. The van der Waals surface area contributed by atoms with Gasteiger partial charge in [0.05, 0.1) is 6.54 Å². The van der Waals surface area contributed by atoms with Gasteiger partial charge < -0.3 is 5.32 Å². The fourth-order valence-corrected chi connectivity index (χ4v) is 2.85.